The minimum absolute atomic E-state index is 0.200. The molecule has 0 spiro atoms. The quantitative estimate of drug-likeness (QED) is 0.684. The predicted octanol–water partition coefficient (Wildman–Crippen LogP) is 0.588. The van der Waals surface area contributed by atoms with Gasteiger partial charge in [0.15, 0.2) is 0 Å². The van der Waals surface area contributed by atoms with E-state index in [0.29, 0.717) is 18.4 Å². The Hall–Kier alpha value is -0.650. The van der Waals surface area contributed by atoms with Crippen LogP contribution in [0.3, 0.4) is 0 Å². The third-order valence-electron chi connectivity index (χ3n) is 4.55. The van der Waals surface area contributed by atoms with E-state index in [1.54, 1.807) is 0 Å². The lowest BCUT2D eigenvalue weighted by Gasteiger charge is -2.37. The van der Waals surface area contributed by atoms with E-state index in [9.17, 15) is 4.79 Å². The molecule has 1 saturated heterocycles. The summed E-state index contributed by atoms with van der Waals surface area (Å²) in [5.41, 5.74) is 5.18. The fourth-order valence-electron chi connectivity index (χ4n) is 3.47. The van der Waals surface area contributed by atoms with Crippen molar-refractivity contribution in [2.75, 3.05) is 39.9 Å². The molecule has 20 heavy (non-hydrogen) atoms. The highest BCUT2D eigenvalue weighted by atomic mass is 16.5. The fourth-order valence-corrected chi connectivity index (χ4v) is 3.47. The zero-order valence-electron chi connectivity index (χ0n) is 12.9. The van der Waals surface area contributed by atoms with Gasteiger partial charge in [-0.2, -0.15) is 0 Å². The van der Waals surface area contributed by atoms with Gasteiger partial charge < -0.3 is 20.7 Å². The number of carbonyl (C=O) groups excluding carboxylic acids is 1. The van der Waals surface area contributed by atoms with Gasteiger partial charge in [0.1, 0.15) is 5.54 Å². The van der Waals surface area contributed by atoms with Crippen molar-refractivity contribution >= 4 is 5.91 Å². The van der Waals surface area contributed by atoms with Crippen molar-refractivity contribution in [2.24, 2.45) is 17.6 Å². The van der Waals surface area contributed by atoms with E-state index in [1.807, 2.05) is 6.92 Å². The molecule has 1 aliphatic carbocycles. The van der Waals surface area contributed by atoms with Gasteiger partial charge in [0.2, 0.25) is 5.91 Å². The first-order valence-electron chi connectivity index (χ1n) is 7.89. The smallest absolute Gasteiger partial charge is 0.239 e. The fraction of sp³-hybridized carbons (Fsp3) is 0.933. The second-order valence-corrected chi connectivity index (χ2v) is 6.42. The zero-order valence-corrected chi connectivity index (χ0v) is 12.9. The summed E-state index contributed by atoms with van der Waals surface area (Å²) in [5.74, 6) is 0.791. The summed E-state index contributed by atoms with van der Waals surface area (Å²) in [7, 11) is 2.09. The molecule has 5 nitrogen and oxygen atoms in total. The Morgan fingerprint density at radius 2 is 2.20 bits per heavy atom. The molecule has 2 fully saturated rings. The van der Waals surface area contributed by atoms with Crippen molar-refractivity contribution in [3.8, 4) is 0 Å². The van der Waals surface area contributed by atoms with Gasteiger partial charge in [-0.25, -0.2) is 0 Å². The second kappa shape index (κ2) is 6.87. The van der Waals surface area contributed by atoms with E-state index in [-0.39, 0.29) is 5.91 Å². The van der Waals surface area contributed by atoms with Gasteiger partial charge in [-0.15, -0.1) is 0 Å². The maximum absolute atomic E-state index is 12.0. The molecule has 0 radical (unpaired) electrons. The molecular weight excluding hydrogens is 254 g/mol. The minimum Gasteiger partial charge on any atom is -0.381 e. The van der Waals surface area contributed by atoms with Crippen LogP contribution in [0.25, 0.3) is 0 Å². The first-order valence-corrected chi connectivity index (χ1v) is 7.89. The third-order valence-corrected chi connectivity index (χ3v) is 4.55. The van der Waals surface area contributed by atoms with E-state index in [4.69, 9.17) is 10.5 Å². The SMILES string of the molecule is CCNC(CN(C)CC1CCCOC1)(C(N)=O)C1CC1. The number of carbonyl (C=O) groups is 1. The molecule has 0 aromatic rings. The van der Waals surface area contributed by atoms with Crippen molar-refractivity contribution in [3.63, 3.8) is 0 Å². The number of ether oxygens (including phenoxy) is 1. The number of rotatable bonds is 8. The summed E-state index contributed by atoms with van der Waals surface area (Å²) in [6.45, 7) is 6.24. The molecule has 1 amide bonds. The highest BCUT2D eigenvalue weighted by Crippen LogP contribution is 2.40. The van der Waals surface area contributed by atoms with Crippen molar-refractivity contribution in [1.29, 1.82) is 0 Å². The van der Waals surface area contributed by atoms with Crippen LogP contribution in [-0.4, -0.2) is 56.2 Å². The van der Waals surface area contributed by atoms with Crippen LogP contribution in [0.2, 0.25) is 0 Å². The number of nitrogens with two attached hydrogens (primary N) is 1. The van der Waals surface area contributed by atoms with Gasteiger partial charge in [-0.3, -0.25) is 4.79 Å². The number of nitrogens with zero attached hydrogens (tertiary/aromatic N) is 1. The Balaban J connectivity index is 1.93. The first-order chi connectivity index (χ1) is 9.58. The monoisotopic (exact) mass is 283 g/mol. The molecule has 1 saturated carbocycles. The van der Waals surface area contributed by atoms with Crippen molar-refractivity contribution in [3.05, 3.63) is 0 Å². The molecular formula is C15H29N3O2. The lowest BCUT2D eigenvalue weighted by atomic mass is 9.90. The maximum atomic E-state index is 12.0. The molecule has 3 N–H and O–H groups in total. The average molecular weight is 283 g/mol. The number of primary amides is 1. The molecule has 2 atom stereocenters. The Kier molecular flexibility index (Phi) is 5.41. The summed E-state index contributed by atoms with van der Waals surface area (Å²) >= 11 is 0. The van der Waals surface area contributed by atoms with Crippen molar-refractivity contribution in [2.45, 2.75) is 38.1 Å². The minimum atomic E-state index is -0.543. The van der Waals surface area contributed by atoms with Crippen LogP contribution in [0.5, 0.6) is 0 Å². The molecule has 5 heteroatoms. The topological polar surface area (TPSA) is 67.6 Å². The second-order valence-electron chi connectivity index (χ2n) is 6.42. The van der Waals surface area contributed by atoms with Crippen LogP contribution >= 0.6 is 0 Å². The Labute approximate surface area is 122 Å². The van der Waals surface area contributed by atoms with Gasteiger partial charge in [0, 0.05) is 19.7 Å². The Morgan fingerprint density at radius 1 is 1.45 bits per heavy atom. The van der Waals surface area contributed by atoms with Gasteiger partial charge in [-0.05, 0) is 51.1 Å². The molecule has 116 valence electrons. The molecule has 1 heterocycles. The lowest BCUT2D eigenvalue weighted by Crippen LogP contribution is -2.63. The molecule has 2 unspecified atom stereocenters. The maximum Gasteiger partial charge on any atom is 0.239 e. The Morgan fingerprint density at radius 3 is 2.70 bits per heavy atom. The molecule has 2 rings (SSSR count). The van der Waals surface area contributed by atoms with Crippen LogP contribution in [0.4, 0.5) is 0 Å². The molecule has 0 bridgehead atoms. The van der Waals surface area contributed by atoms with E-state index >= 15 is 0 Å². The number of nitrogens with one attached hydrogen (secondary N) is 1. The summed E-state index contributed by atoms with van der Waals surface area (Å²) in [4.78, 5) is 14.3. The van der Waals surface area contributed by atoms with Crippen molar-refractivity contribution in [1.82, 2.24) is 10.2 Å². The van der Waals surface area contributed by atoms with Crippen molar-refractivity contribution < 1.29 is 9.53 Å². The summed E-state index contributed by atoms with van der Waals surface area (Å²) in [6.07, 6.45) is 4.58. The van der Waals surface area contributed by atoms with Crippen LogP contribution in [0, 0.1) is 11.8 Å². The summed E-state index contributed by atoms with van der Waals surface area (Å²) in [6, 6.07) is 0. The van der Waals surface area contributed by atoms with Crippen LogP contribution in [0.1, 0.15) is 32.6 Å². The number of likely N-dealkylation sites (N-methyl/N-ethyl adjacent to an activating group) is 2. The van der Waals surface area contributed by atoms with Gasteiger partial charge >= 0.3 is 0 Å². The third kappa shape index (κ3) is 3.71. The average Bonchev–Trinajstić information content (AvgIpc) is 3.23. The Bertz CT molecular complexity index is 327. The standard InChI is InChI=1S/C15H29N3O2/c1-3-17-15(14(16)19,13-6-7-13)11-18(2)9-12-5-4-8-20-10-12/h12-13,17H,3-11H2,1-2H3,(H2,16,19). The van der Waals surface area contributed by atoms with Gasteiger partial charge in [0.05, 0.1) is 6.61 Å². The molecule has 0 aromatic carbocycles. The lowest BCUT2D eigenvalue weighted by molar-refractivity contribution is -0.126. The first kappa shape index (κ1) is 15.7. The van der Waals surface area contributed by atoms with E-state index in [0.717, 1.165) is 45.6 Å². The molecule has 2 aliphatic rings. The number of hydrogen-bond donors (Lipinski definition) is 2. The van der Waals surface area contributed by atoms with Crippen LogP contribution in [-0.2, 0) is 9.53 Å². The van der Waals surface area contributed by atoms with Crippen LogP contribution < -0.4 is 11.1 Å². The van der Waals surface area contributed by atoms with Gasteiger partial charge in [0.25, 0.3) is 0 Å². The highest BCUT2D eigenvalue weighted by Gasteiger charge is 2.49. The summed E-state index contributed by atoms with van der Waals surface area (Å²) in [5, 5.41) is 3.38. The van der Waals surface area contributed by atoms with Crippen LogP contribution in [0.15, 0.2) is 0 Å². The number of amides is 1. The highest BCUT2D eigenvalue weighted by molar-refractivity contribution is 5.86. The molecule has 1 aliphatic heterocycles. The predicted molar refractivity (Wildman–Crippen MR) is 79.4 cm³/mol. The largest absolute Gasteiger partial charge is 0.381 e. The normalized spacial score (nSPS) is 26.4. The van der Waals surface area contributed by atoms with E-state index in [2.05, 4.69) is 17.3 Å². The zero-order chi connectivity index (χ0) is 14.6. The van der Waals surface area contributed by atoms with E-state index < -0.39 is 5.54 Å². The van der Waals surface area contributed by atoms with E-state index in [1.165, 1.54) is 6.42 Å². The molecule has 0 aromatic heterocycles. The summed E-state index contributed by atoms with van der Waals surface area (Å²) < 4.78 is 5.53. The number of hydrogen-bond acceptors (Lipinski definition) is 4. The van der Waals surface area contributed by atoms with Gasteiger partial charge in [-0.1, -0.05) is 6.92 Å².